The lowest BCUT2D eigenvalue weighted by Crippen LogP contribution is -1.89. The average Bonchev–Trinajstić information content (AvgIpc) is 2.76. The van der Waals surface area contributed by atoms with E-state index in [1.165, 1.54) is 145 Å². The van der Waals surface area contributed by atoms with Crippen LogP contribution in [0.5, 0.6) is 0 Å². The van der Waals surface area contributed by atoms with Gasteiger partial charge in [0.2, 0.25) is 0 Å². The summed E-state index contributed by atoms with van der Waals surface area (Å²) in [6.45, 7) is 4.79. The van der Waals surface area contributed by atoms with E-state index in [-0.39, 0.29) is 6.61 Å². The van der Waals surface area contributed by atoms with Crippen LogP contribution >= 0.6 is 23.5 Å². The lowest BCUT2D eigenvalue weighted by molar-refractivity contribution is 0.340. The van der Waals surface area contributed by atoms with Gasteiger partial charge < -0.3 is 5.11 Å². The van der Waals surface area contributed by atoms with Crippen molar-refractivity contribution in [3.63, 3.8) is 0 Å². The Morgan fingerprint density at radius 2 is 0.900 bits per heavy atom. The average molecular weight is 459 g/mol. The van der Waals surface area contributed by atoms with Crippen molar-refractivity contribution in [3.05, 3.63) is 10.3 Å². The molecule has 1 N–H and O–H groups in total. The Morgan fingerprint density at radius 3 is 1.30 bits per heavy atom. The van der Waals surface area contributed by atoms with E-state index in [0.717, 1.165) is 0 Å². The lowest BCUT2D eigenvalue weighted by Gasteiger charge is -2.05. The molecule has 0 amide bonds. The van der Waals surface area contributed by atoms with Crippen LogP contribution in [0, 0.1) is 0 Å². The van der Waals surface area contributed by atoms with E-state index in [0.29, 0.717) is 0 Å². The fourth-order valence-electron chi connectivity index (χ4n) is 3.73. The van der Waals surface area contributed by atoms with Crippen molar-refractivity contribution >= 4 is 23.5 Å². The molecule has 0 rings (SSSR count). The first-order valence-corrected chi connectivity index (χ1v) is 15.4. The van der Waals surface area contributed by atoms with E-state index < -0.39 is 0 Å². The van der Waals surface area contributed by atoms with E-state index >= 15 is 0 Å². The molecule has 0 heterocycles. The second-order valence-electron chi connectivity index (χ2n) is 8.83. The molecule has 180 valence electrons. The maximum absolute atomic E-state index is 9.56. The van der Waals surface area contributed by atoms with Crippen LogP contribution in [0.2, 0.25) is 0 Å². The Morgan fingerprint density at radius 1 is 0.533 bits per heavy atom. The van der Waals surface area contributed by atoms with Crippen LogP contribution in [0.1, 0.15) is 142 Å². The van der Waals surface area contributed by atoms with Crippen LogP contribution in [0.15, 0.2) is 10.3 Å². The second kappa shape index (κ2) is 27.4. The molecule has 0 spiro atoms. The summed E-state index contributed by atoms with van der Waals surface area (Å²) in [7, 11) is 0. The van der Waals surface area contributed by atoms with Crippen molar-refractivity contribution in [3.8, 4) is 0 Å². The maximum atomic E-state index is 9.56. The van der Waals surface area contributed by atoms with Gasteiger partial charge in [0.15, 0.2) is 0 Å². The summed E-state index contributed by atoms with van der Waals surface area (Å²) in [5.41, 5.74) is 0. The first kappa shape index (κ1) is 30.4. The summed E-state index contributed by atoms with van der Waals surface area (Å²) in [4.78, 5) is 1.17. The quantitative estimate of drug-likeness (QED) is 0.137. The van der Waals surface area contributed by atoms with Crippen molar-refractivity contribution < 1.29 is 5.11 Å². The van der Waals surface area contributed by atoms with Gasteiger partial charge in [-0.1, -0.05) is 129 Å². The lowest BCUT2D eigenvalue weighted by atomic mass is 10.1. The summed E-state index contributed by atoms with van der Waals surface area (Å²) in [6, 6.07) is 0. The summed E-state index contributed by atoms with van der Waals surface area (Å²) >= 11 is 3.78. The van der Waals surface area contributed by atoms with Crippen molar-refractivity contribution in [2.75, 3.05) is 18.1 Å². The van der Waals surface area contributed by atoms with Gasteiger partial charge in [-0.25, -0.2) is 0 Å². The van der Waals surface area contributed by atoms with E-state index in [4.69, 9.17) is 0 Å². The zero-order valence-corrected chi connectivity index (χ0v) is 22.2. The normalized spacial score (nSPS) is 12.0. The molecule has 3 heteroatoms. The van der Waals surface area contributed by atoms with Gasteiger partial charge in [-0.3, -0.25) is 0 Å². The van der Waals surface area contributed by atoms with Crippen LogP contribution in [-0.2, 0) is 0 Å². The zero-order chi connectivity index (χ0) is 22.0. The van der Waals surface area contributed by atoms with Gasteiger partial charge in [-0.05, 0) is 29.8 Å². The number of rotatable bonds is 25. The molecule has 0 atom stereocenters. The van der Waals surface area contributed by atoms with E-state index in [1.54, 1.807) is 0 Å². The molecule has 0 aliphatic carbocycles. The topological polar surface area (TPSA) is 20.2 Å². The third-order valence-corrected chi connectivity index (χ3v) is 8.01. The van der Waals surface area contributed by atoms with Gasteiger partial charge in [0.1, 0.15) is 0 Å². The molecule has 1 nitrogen and oxygen atoms in total. The largest absolute Gasteiger partial charge is 0.391 e. The number of aliphatic hydroxyl groups is 1. The van der Waals surface area contributed by atoms with Gasteiger partial charge in [0, 0.05) is 4.91 Å². The monoisotopic (exact) mass is 458 g/mol. The van der Waals surface area contributed by atoms with Crippen LogP contribution in [0.4, 0.5) is 0 Å². The Balaban J connectivity index is 3.37. The van der Waals surface area contributed by atoms with Crippen LogP contribution in [0.25, 0.3) is 0 Å². The first-order valence-electron chi connectivity index (χ1n) is 13.4. The van der Waals surface area contributed by atoms with Crippen LogP contribution in [0.3, 0.4) is 0 Å². The van der Waals surface area contributed by atoms with Crippen molar-refractivity contribution in [2.24, 2.45) is 0 Å². The van der Waals surface area contributed by atoms with Crippen molar-refractivity contribution in [1.82, 2.24) is 0 Å². The highest BCUT2D eigenvalue weighted by Gasteiger charge is 1.99. The highest BCUT2D eigenvalue weighted by Crippen LogP contribution is 2.22. The Labute approximate surface area is 199 Å². The Bertz CT molecular complexity index is 344. The molecule has 0 aromatic heterocycles. The SMILES string of the molecule is CCCCCCCCCCCCS/C=C(/CO)SCCCCCCCCCCCC. The number of hydrogen-bond acceptors (Lipinski definition) is 3. The number of aliphatic hydroxyl groups excluding tert-OH is 1. The molecule has 30 heavy (non-hydrogen) atoms. The molecule has 0 radical (unpaired) electrons. The van der Waals surface area contributed by atoms with Gasteiger partial charge in [0.05, 0.1) is 6.61 Å². The molecular formula is C27H54OS2. The minimum atomic E-state index is 0.216. The third-order valence-electron chi connectivity index (χ3n) is 5.77. The first-order chi connectivity index (χ1) is 14.8. The van der Waals surface area contributed by atoms with E-state index in [1.807, 2.05) is 23.5 Å². The predicted molar refractivity (Wildman–Crippen MR) is 144 cm³/mol. The predicted octanol–water partition coefficient (Wildman–Crippen LogP) is 10.1. The van der Waals surface area contributed by atoms with Gasteiger partial charge in [-0.15, -0.1) is 23.5 Å². The van der Waals surface area contributed by atoms with Crippen molar-refractivity contribution in [2.45, 2.75) is 142 Å². The summed E-state index contributed by atoms with van der Waals surface area (Å²) in [5.74, 6) is 2.38. The summed E-state index contributed by atoms with van der Waals surface area (Å²) in [6.07, 6.45) is 27.9. The summed E-state index contributed by atoms with van der Waals surface area (Å²) in [5, 5.41) is 11.8. The Hall–Kier alpha value is 0.400. The molecule has 0 bridgehead atoms. The fraction of sp³-hybridized carbons (Fsp3) is 0.926. The van der Waals surface area contributed by atoms with Gasteiger partial charge in [-0.2, -0.15) is 0 Å². The highest BCUT2D eigenvalue weighted by molar-refractivity contribution is 8.06. The van der Waals surface area contributed by atoms with Gasteiger partial charge in [0.25, 0.3) is 0 Å². The third kappa shape index (κ3) is 24.7. The molecule has 0 saturated carbocycles. The maximum Gasteiger partial charge on any atom is 0.0745 e. The molecule has 0 aromatic carbocycles. The number of unbranched alkanes of at least 4 members (excludes halogenated alkanes) is 18. The molecule has 0 saturated heterocycles. The van der Waals surface area contributed by atoms with Crippen molar-refractivity contribution in [1.29, 1.82) is 0 Å². The highest BCUT2D eigenvalue weighted by atomic mass is 32.2. The zero-order valence-electron chi connectivity index (χ0n) is 20.6. The van der Waals surface area contributed by atoms with Crippen LogP contribution < -0.4 is 0 Å². The minimum absolute atomic E-state index is 0.216. The second-order valence-corrected chi connectivity index (χ2v) is 11.0. The molecular weight excluding hydrogens is 404 g/mol. The van der Waals surface area contributed by atoms with E-state index in [9.17, 15) is 5.11 Å². The molecule has 0 unspecified atom stereocenters. The summed E-state index contributed by atoms with van der Waals surface area (Å²) < 4.78 is 0. The Kier molecular flexibility index (Phi) is 27.8. The number of hydrogen-bond donors (Lipinski definition) is 1. The standard InChI is InChI=1S/C27H54OS2/c1-3-5-7-9-11-13-15-17-19-21-23-29-26-27(25-28)30-24-22-20-18-16-14-12-10-8-6-4-2/h26,28H,3-25H2,1-2H3/b27-26-. The minimum Gasteiger partial charge on any atom is -0.391 e. The van der Waals surface area contributed by atoms with Gasteiger partial charge >= 0.3 is 0 Å². The smallest absolute Gasteiger partial charge is 0.0745 e. The molecule has 0 aliphatic heterocycles. The molecule has 0 fully saturated rings. The van der Waals surface area contributed by atoms with Crippen LogP contribution in [-0.4, -0.2) is 23.2 Å². The molecule has 0 aliphatic rings. The molecule has 0 aromatic rings. The fourth-order valence-corrected chi connectivity index (χ4v) is 5.66. The number of thioether (sulfide) groups is 2. The van der Waals surface area contributed by atoms with E-state index in [2.05, 4.69) is 19.3 Å².